The maximum atomic E-state index is 6.16. The highest BCUT2D eigenvalue weighted by molar-refractivity contribution is 5.93. The molecule has 0 bridgehead atoms. The number of aryl methyl sites for hydroxylation is 1. The summed E-state index contributed by atoms with van der Waals surface area (Å²) >= 11 is 0. The quantitative estimate of drug-likeness (QED) is 0.614. The van der Waals surface area contributed by atoms with Gasteiger partial charge in [-0.1, -0.05) is 18.2 Å². The second-order valence-electron chi connectivity index (χ2n) is 8.16. The highest BCUT2D eigenvalue weighted by Crippen LogP contribution is 2.27. The molecule has 1 fully saturated rings. The van der Waals surface area contributed by atoms with Gasteiger partial charge in [0.2, 0.25) is 0 Å². The van der Waals surface area contributed by atoms with E-state index < -0.39 is 0 Å². The number of pyridine rings is 1. The summed E-state index contributed by atoms with van der Waals surface area (Å²) in [7, 11) is 0. The second kappa shape index (κ2) is 8.82. The number of aromatic nitrogens is 1. The van der Waals surface area contributed by atoms with Crippen LogP contribution in [0.25, 0.3) is 0 Å². The van der Waals surface area contributed by atoms with Crippen molar-refractivity contribution in [1.82, 2.24) is 4.98 Å². The number of anilines is 2. The standard InChI is InChI=1S/C23H31N5O/c1-16-14-28(15-17(2)29-16)22-11-10-18(12-25-22)13-26-23(24)27-21-9-5-7-19-6-3-4-8-20(19)21/h5,7,9-12,16-17H,3-4,6,8,13-15H2,1-2H3,(H3,24,26,27). The first-order chi connectivity index (χ1) is 14.1. The smallest absolute Gasteiger partial charge is 0.193 e. The topological polar surface area (TPSA) is 75.8 Å². The van der Waals surface area contributed by atoms with E-state index in [1.807, 2.05) is 6.20 Å². The summed E-state index contributed by atoms with van der Waals surface area (Å²) in [6, 6.07) is 10.5. The molecule has 0 spiro atoms. The van der Waals surface area contributed by atoms with Crippen molar-refractivity contribution in [2.45, 2.75) is 58.3 Å². The van der Waals surface area contributed by atoms with Crippen molar-refractivity contribution in [3.8, 4) is 0 Å². The van der Waals surface area contributed by atoms with Gasteiger partial charge in [0.1, 0.15) is 5.82 Å². The minimum atomic E-state index is 0.222. The molecule has 1 aromatic heterocycles. The highest BCUT2D eigenvalue weighted by atomic mass is 16.5. The van der Waals surface area contributed by atoms with Crippen LogP contribution in [0.1, 0.15) is 43.4 Å². The molecule has 0 radical (unpaired) electrons. The molecule has 3 N–H and O–H groups in total. The van der Waals surface area contributed by atoms with Gasteiger partial charge in [-0.05, 0) is 68.4 Å². The Hall–Kier alpha value is -2.60. The van der Waals surface area contributed by atoms with Crippen LogP contribution < -0.4 is 16.0 Å². The third kappa shape index (κ3) is 4.88. The number of nitrogens with zero attached hydrogens (tertiary/aromatic N) is 3. The lowest BCUT2D eigenvalue weighted by Gasteiger charge is -2.36. The molecule has 6 heteroatoms. The van der Waals surface area contributed by atoms with Crippen molar-refractivity contribution in [1.29, 1.82) is 0 Å². The van der Waals surface area contributed by atoms with E-state index in [1.54, 1.807) is 0 Å². The van der Waals surface area contributed by atoms with Crippen LogP contribution in [0.4, 0.5) is 11.5 Å². The van der Waals surface area contributed by atoms with Crippen LogP contribution in [0.5, 0.6) is 0 Å². The first-order valence-corrected chi connectivity index (χ1v) is 10.6. The van der Waals surface area contributed by atoms with E-state index in [4.69, 9.17) is 10.5 Å². The van der Waals surface area contributed by atoms with Crippen molar-refractivity contribution in [3.05, 3.63) is 53.2 Å². The summed E-state index contributed by atoms with van der Waals surface area (Å²) in [5, 5.41) is 3.30. The number of nitrogens with one attached hydrogen (secondary N) is 1. The van der Waals surface area contributed by atoms with E-state index in [-0.39, 0.29) is 12.2 Å². The maximum absolute atomic E-state index is 6.16. The normalized spacial score (nSPS) is 22.3. The van der Waals surface area contributed by atoms with Gasteiger partial charge in [0.15, 0.2) is 5.96 Å². The first-order valence-electron chi connectivity index (χ1n) is 10.6. The van der Waals surface area contributed by atoms with Crippen molar-refractivity contribution in [3.63, 3.8) is 0 Å². The molecule has 6 nitrogen and oxygen atoms in total. The van der Waals surface area contributed by atoms with E-state index in [9.17, 15) is 0 Å². The zero-order chi connectivity index (χ0) is 20.2. The Morgan fingerprint density at radius 3 is 2.72 bits per heavy atom. The zero-order valence-electron chi connectivity index (χ0n) is 17.4. The average molecular weight is 394 g/mol. The van der Waals surface area contributed by atoms with Crippen LogP contribution in [0, 0.1) is 0 Å². The summed E-state index contributed by atoms with van der Waals surface area (Å²) in [5.41, 5.74) is 11.1. The van der Waals surface area contributed by atoms with Gasteiger partial charge in [0.05, 0.1) is 18.8 Å². The summed E-state index contributed by atoms with van der Waals surface area (Å²) in [5.74, 6) is 1.44. The number of aliphatic imine (C=N–C) groups is 1. The van der Waals surface area contributed by atoms with Crippen LogP contribution in [0.15, 0.2) is 41.5 Å². The van der Waals surface area contributed by atoms with Gasteiger partial charge in [-0.2, -0.15) is 0 Å². The van der Waals surface area contributed by atoms with Gasteiger partial charge in [-0.3, -0.25) is 0 Å². The Balaban J connectivity index is 1.38. The Bertz CT molecular complexity index is 854. The summed E-state index contributed by atoms with van der Waals surface area (Å²) in [6.07, 6.45) is 7.10. The lowest BCUT2D eigenvalue weighted by atomic mass is 9.90. The molecule has 2 aliphatic rings. The number of nitrogens with two attached hydrogens (primary N) is 1. The van der Waals surface area contributed by atoms with Crippen LogP contribution in [0.3, 0.4) is 0 Å². The van der Waals surface area contributed by atoms with Gasteiger partial charge in [-0.15, -0.1) is 0 Å². The maximum Gasteiger partial charge on any atom is 0.193 e. The van der Waals surface area contributed by atoms with Crippen LogP contribution >= 0.6 is 0 Å². The number of benzene rings is 1. The van der Waals surface area contributed by atoms with E-state index in [1.165, 1.54) is 24.0 Å². The molecule has 29 heavy (non-hydrogen) atoms. The number of morpholine rings is 1. The van der Waals surface area contributed by atoms with Crippen molar-refractivity contribution < 1.29 is 4.74 Å². The van der Waals surface area contributed by atoms with Gasteiger partial charge >= 0.3 is 0 Å². The average Bonchev–Trinajstić information content (AvgIpc) is 2.72. The number of hydrogen-bond donors (Lipinski definition) is 2. The van der Waals surface area contributed by atoms with Crippen molar-refractivity contribution in [2.75, 3.05) is 23.3 Å². The molecule has 0 saturated carbocycles. The SMILES string of the molecule is CC1CN(c2ccc(CN=C(N)Nc3cccc4c3CCCC4)cn2)CC(C)O1. The number of hydrogen-bond acceptors (Lipinski definition) is 4. The lowest BCUT2D eigenvalue weighted by molar-refractivity contribution is -0.00545. The summed E-state index contributed by atoms with van der Waals surface area (Å²) in [4.78, 5) is 11.4. The predicted molar refractivity (Wildman–Crippen MR) is 118 cm³/mol. The van der Waals surface area contributed by atoms with Crippen molar-refractivity contribution >= 4 is 17.5 Å². The Labute approximate surface area is 173 Å². The van der Waals surface area contributed by atoms with Crippen molar-refractivity contribution in [2.24, 2.45) is 10.7 Å². The Kier molecular flexibility index (Phi) is 6.00. The number of guanidine groups is 1. The van der Waals surface area contributed by atoms with E-state index >= 15 is 0 Å². The minimum absolute atomic E-state index is 0.222. The molecular formula is C23H31N5O. The Morgan fingerprint density at radius 1 is 1.17 bits per heavy atom. The third-order valence-corrected chi connectivity index (χ3v) is 5.64. The monoisotopic (exact) mass is 393 g/mol. The molecule has 2 aromatic rings. The molecule has 1 aliphatic heterocycles. The highest BCUT2D eigenvalue weighted by Gasteiger charge is 2.23. The molecule has 2 atom stereocenters. The molecule has 1 saturated heterocycles. The van der Waals surface area contributed by atoms with Gasteiger partial charge in [-0.25, -0.2) is 9.98 Å². The van der Waals surface area contributed by atoms with Gasteiger partial charge in [0.25, 0.3) is 0 Å². The molecular weight excluding hydrogens is 362 g/mol. The number of ether oxygens (including phenoxy) is 1. The minimum Gasteiger partial charge on any atom is -0.372 e. The molecule has 1 aromatic carbocycles. The third-order valence-electron chi connectivity index (χ3n) is 5.64. The lowest BCUT2D eigenvalue weighted by Crippen LogP contribution is -2.45. The van der Waals surface area contributed by atoms with E-state index in [0.717, 1.165) is 43.0 Å². The fourth-order valence-corrected chi connectivity index (χ4v) is 4.31. The summed E-state index contributed by atoms with van der Waals surface area (Å²) < 4.78 is 5.80. The zero-order valence-corrected chi connectivity index (χ0v) is 17.4. The largest absolute Gasteiger partial charge is 0.372 e. The molecule has 154 valence electrons. The van der Waals surface area contributed by atoms with Gasteiger partial charge < -0.3 is 20.7 Å². The summed E-state index contributed by atoms with van der Waals surface area (Å²) in [6.45, 7) is 6.45. The number of fused-ring (bicyclic) bond motifs is 1. The fourth-order valence-electron chi connectivity index (χ4n) is 4.31. The molecule has 2 unspecified atom stereocenters. The molecule has 4 rings (SSSR count). The van der Waals surface area contributed by atoms with E-state index in [2.05, 4.69) is 64.4 Å². The molecule has 0 amide bonds. The second-order valence-corrected chi connectivity index (χ2v) is 8.16. The van der Waals surface area contributed by atoms with Crippen LogP contribution in [-0.2, 0) is 24.1 Å². The fraction of sp³-hybridized carbons (Fsp3) is 0.478. The molecule has 1 aliphatic carbocycles. The van der Waals surface area contributed by atoms with Crippen LogP contribution in [0.2, 0.25) is 0 Å². The predicted octanol–water partition coefficient (Wildman–Crippen LogP) is 3.50. The first kappa shape index (κ1) is 19.7. The van der Waals surface area contributed by atoms with Crippen LogP contribution in [-0.4, -0.2) is 36.2 Å². The number of rotatable bonds is 4. The Morgan fingerprint density at radius 2 is 1.97 bits per heavy atom. The van der Waals surface area contributed by atoms with Gasteiger partial charge in [0, 0.05) is 25.0 Å². The molecule has 2 heterocycles. The van der Waals surface area contributed by atoms with E-state index in [0.29, 0.717) is 12.5 Å².